The third-order valence-electron chi connectivity index (χ3n) is 5.45. The predicted octanol–water partition coefficient (Wildman–Crippen LogP) is 1.79. The molecule has 1 heterocycles. The van der Waals surface area contributed by atoms with Crippen molar-refractivity contribution in [2.75, 3.05) is 26.2 Å². The lowest BCUT2D eigenvalue weighted by Gasteiger charge is -2.22. The van der Waals surface area contributed by atoms with Gasteiger partial charge in [-0.2, -0.15) is 4.72 Å². The molecule has 3 rings (SSSR count). The Labute approximate surface area is 195 Å². The van der Waals surface area contributed by atoms with Gasteiger partial charge in [0, 0.05) is 12.1 Å². The molecule has 1 saturated heterocycles. The van der Waals surface area contributed by atoms with E-state index in [2.05, 4.69) is 15.4 Å². The Kier molecular flexibility index (Phi) is 9.61. The SMILES string of the molecule is O=C(NC[C@H](NS(=O)(=O)c1ccccc1)P(O)O)c1ccc(OCCC2CCNCC2)cc1. The Morgan fingerprint density at radius 2 is 1.76 bits per heavy atom. The molecule has 1 fully saturated rings. The number of nitrogens with one attached hydrogen (secondary N) is 3. The topological polar surface area (TPSA) is 137 Å². The molecule has 0 spiro atoms. The molecule has 2 aromatic rings. The van der Waals surface area contributed by atoms with E-state index in [1.54, 1.807) is 42.5 Å². The Morgan fingerprint density at radius 1 is 1.09 bits per heavy atom. The maximum Gasteiger partial charge on any atom is 0.251 e. The van der Waals surface area contributed by atoms with Crippen molar-refractivity contribution in [1.82, 2.24) is 15.4 Å². The van der Waals surface area contributed by atoms with Gasteiger partial charge in [0.1, 0.15) is 11.5 Å². The molecule has 0 saturated carbocycles. The number of rotatable bonds is 11. The molecular weight excluding hydrogens is 465 g/mol. The molecule has 5 N–H and O–H groups in total. The monoisotopic (exact) mass is 495 g/mol. The van der Waals surface area contributed by atoms with Gasteiger partial charge >= 0.3 is 0 Å². The van der Waals surface area contributed by atoms with E-state index in [0.29, 0.717) is 23.8 Å². The lowest BCUT2D eigenvalue weighted by Crippen LogP contribution is -2.42. The summed E-state index contributed by atoms with van der Waals surface area (Å²) in [6.07, 6.45) is 3.32. The molecule has 0 bridgehead atoms. The fraction of sp³-hybridized carbons (Fsp3) is 0.409. The Morgan fingerprint density at radius 3 is 2.39 bits per heavy atom. The lowest BCUT2D eigenvalue weighted by atomic mass is 9.95. The van der Waals surface area contributed by atoms with E-state index in [1.165, 1.54) is 12.1 Å². The summed E-state index contributed by atoms with van der Waals surface area (Å²) in [5.74, 6) is -0.376. The summed E-state index contributed by atoms with van der Waals surface area (Å²) in [5, 5.41) is 5.89. The van der Waals surface area contributed by atoms with Crippen molar-refractivity contribution in [1.29, 1.82) is 0 Å². The van der Waals surface area contributed by atoms with Crippen LogP contribution in [0.15, 0.2) is 59.5 Å². The number of ether oxygens (including phenoxy) is 1. The number of hydrogen-bond acceptors (Lipinski definition) is 7. The van der Waals surface area contributed by atoms with Gasteiger partial charge in [0.25, 0.3) is 5.91 Å². The van der Waals surface area contributed by atoms with E-state index < -0.39 is 30.1 Å². The summed E-state index contributed by atoms with van der Waals surface area (Å²) in [6, 6.07) is 14.2. The molecule has 2 aromatic carbocycles. The first kappa shape index (κ1) is 25.6. The molecule has 0 unspecified atom stereocenters. The van der Waals surface area contributed by atoms with Gasteiger partial charge < -0.3 is 25.2 Å². The first-order valence-corrected chi connectivity index (χ1v) is 13.6. The number of sulfonamides is 1. The second kappa shape index (κ2) is 12.4. The lowest BCUT2D eigenvalue weighted by molar-refractivity contribution is 0.0953. The molecule has 1 atom stereocenters. The maximum absolute atomic E-state index is 12.4. The molecule has 1 aliphatic rings. The zero-order chi connectivity index (χ0) is 23.7. The molecule has 11 heteroatoms. The molecule has 180 valence electrons. The van der Waals surface area contributed by atoms with Gasteiger partial charge in [-0.1, -0.05) is 18.2 Å². The van der Waals surface area contributed by atoms with Gasteiger partial charge in [0.15, 0.2) is 8.38 Å². The number of benzene rings is 2. The average Bonchev–Trinajstić information content (AvgIpc) is 2.83. The van der Waals surface area contributed by atoms with E-state index in [9.17, 15) is 23.0 Å². The third-order valence-corrected chi connectivity index (χ3v) is 7.98. The van der Waals surface area contributed by atoms with E-state index in [-0.39, 0.29) is 11.4 Å². The van der Waals surface area contributed by atoms with E-state index in [0.717, 1.165) is 32.4 Å². The van der Waals surface area contributed by atoms with E-state index in [4.69, 9.17) is 4.74 Å². The molecule has 1 aliphatic heterocycles. The average molecular weight is 496 g/mol. The molecule has 0 aromatic heterocycles. The standard InChI is InChI=1S/C22H30N3O6PS/c26-22(18-6-8-19(9-7-18)31-15-12-17-10-13-23-14-11-17)24-16-21(32(27)28)25-33(29,30)20-4-2-1-3-5-20/h1-9,17,21,23,25,27-28H,10-16H2,(H,24,26)/t21-/m1/s1. The van der Waals surface area contributed by atoms with Crippen LogP contribution in [0.5, 0.6) is 5.75 Å². The smallest absolute Gasteiger partial charge is 0.251 e. The highest BCUT2D eigenvalue weighted by molar-refractivity contribution is 7.89. The quantitative estimate of drug-likeness (QED) is 0.300. The van der Waals surface area contributed by atoms with Gasteiger partial charge in [-0.25, -0.2) is 8.42 Å². The molecule has 9 nitrogen and oxygen atoms in total. The largest absolute Gasteiger partial charge is 0.494 e. The van der Waals surface area contributed by atoms with Crippen LogP contribution in [0.1, 0.15) is 29.6 Å². The second-order valence-corrected chi connectivity index (χ2v) is 10.8. The van der Waals surface area contributed by atoms with Crippen molar-refractivity contribution >= 4 is 24.3 Å². The van der Waals surface area contributed by atoms with Crippen LogP contribution in [0.3, 0.4) is 0 Å². The van der Waals surface area contributed by atoms with Crippen LogP contribution in [0.2, 0.25) is 0 Å². The molecular formula is C22H30N3O6PS. The second-order valence-electron chi connectivity index (χ2n) is 7.84. The highest BCUT2D eigenvalue weighted by Gasteiger charge is 2.26. The van der Waals surface area contributed by atoms with E-state index in [1.807, 2.05) is 0 Å². The summed E-state index contributed by atoms with van der Waals surface area (Å²) >= 11 is 0. The van der Waals surface area contributed by atoms with Gasteiger partial charge in [-0.3, -0.25) is 4.79 Å². The van der Waals surface area contributed by atoms with Gasteiger partial charge in [-0.05, 0) is 74.7 Å². The van der Waals surface area contributed by atoms with Crippen LogP contribution >= 0.6 is 8.38 Å². The predicted molar refractivity (Wildman–Crippen MR) is 126 cm³/mol. The fourth-order valence-electron chi connectivity index (χ4n) is 3.53. The van der Waals surface area contributed by atoms with Crippen LogP contribution in [0.25, 0.3) is 0 Å². The minimum Gasteiger partial charge on any atom is -0.494 e. The normalized spacial score (nSPS) is 15.8. The minimum atomic E-state index is -3.97. The van der Waals surface area contributed by atoms with Crippen molar-refractivity contribution in [3.63, 3.8) is 0 Å². The van der Waals surface area contributed by atoms with Gasteiger partial charge in [0.2, 0.25) is 10.0 Å². The van der Waals surface area contributed by atoms with Crippen molar-refractivity contribution in [2.24, 2.45) is 5.92 Å². The van der Waals surface area contributed by atoms with Crippen LogP contribution in [-0.4, -0.2) is 56.1 Å². The first-order chi connectivity index (χ1) is 15.8. The first-order valence-electron chi connectivity index (χ1n) is 10.8. The molecule has 0 aliphatic carbocycles. The maximum atomic E-state index is 12.4. The highest BCUT2D eigenvalue weighted by atomic mass is 32.2. The number of piperidine rings is 1. The fourth-order valence-corrected chi connectivity index (χ4v) is 5.67. The summed E-state index contributed by atoms with van der Waals surface area (Å²) in [5.41, 5.74) is 0.352. The van der Waals surface area contributed by atoms with Crippen LogP contribution < -0.4 is 20.1 Å². The third kappa shape index (κ3) is 8.03. The number of carbonyl (C=O) groups is 1. The van der Waals surface area contributed by atoms with Crippen LogP contribution in [-0.2, 0) is 10.0 Å². The number of carbonyl (C=O) groups excluding carboxylic acids is 1. The molecule has 1 amide bonds. The zero-order valence-electron chi connectivity index (χ0n) is 18.2. The summed E-state index contributed by atoms with van der Waals surface area (Å²) < 4.78 is 32.9. The van der Waals surface area contributed by atoms with Crippen LogP contribution in [0, 0.1) is 5.92 Å². The van der Waals surface area contributed by atoms with Crippen molar-refractivity contribution in [3.8, 4) is 5.75 Å². The van der Waals surface area contributed by atoms with Crippen molar-refractivity contribution < 1.29 is 27.7 Å². The molecule has 0 radical (unpaired) electrons. The van der Waals surface area contributed by atoms with Gasteiger partial charge in [-0.15, -0.1) is 0 Å². The Balaban J connectivity index is 1.48. The molecule has 33 heavy (non-hydrogen) atoms. The summed E-state index contributed by atoms with van der Waals surface area (Å²) in [6.45, 7) is 2.45. The summed E-state index contributed by atoms with van der Waals surface area (Å²) in [7, 11) is -6.63. The minimum absolute atomic E-state index is 0.00563. The highest BCUT2D eigenvalue weighted by Crippen LogP contribution is 2.30. The summed E-state index contributed by atoms with van der Waals surface area (Å²) in [4.78, 5) is 31.7. The van der Waals surface area contributed by atoms with Crippen molar-refractivity contribution in [3.05, 3.63) is 60.2 Å². The Hall–Kier alpha value is -2.07. The zero-order valence-corrected chi connectivity index (χ0v) is 19.9. The van der Waals surface area contributed by atoms with E-state index >= 15 is 0 Å². The van der Waals surface area contributed by atoms with Crippen molar-refractivity contribution in [2.45, 2.75) is 29.9 Å². The van der Waals surface area contributed by atoms with Crippen LogP contribution in [0.4, 0.5) is 0 Å². The van der Waals surface area contributed by atoms with Gasteiger partial charge in [0.05, 0.1) is 11.5 Å². The number of amides is 1. The Bertz CT molecular complexity index is 983. The number of hydrogen-bond donors (Lipinski definition) is 5.